The van der Waals surface area contributed by atoms with Gasteiger partial charge in [-0.1, -0.05) is 24.3 Å². The molecule has 0 aliphatic carbocycles. The number of pyridine rings is 2. The zero-order valence-electron chi connectivity index (χ0n) is 28.4. The molecular formula is C37H35F3N10O2. The first-order chi connectivity index (χ1) is 25.2. The number of hydrogen-bond acceptors (Lipinski definition) is 9. The third kappa shape index (κ3) is 5.96. The number of aromatic nitrogens is 6. The van der Waals surface area contributed by atoms with E-state index in [2.05, 4.69) is 29.8 Å². The highest BCUT2D eigenvalue weighted by atomic mass is 19.1. The summed E-state index contributed by atoms with van der Waals surface area (Å²) in [5, 5.41) is 5.46. The van der Waals surface area contributed by atoms with E-state index in [1.54, 1.807) is 42.2 Å². The van der Waals surface area contributed by atoms with Gasteiger partial charge in [0.25, 0.3) is 5.91 Å². The van der Waals surface area contributed by atoms with E-state index in [1.807, 2.05) is 17.0 Å². The molecule has 1 aromatic carbocycles. The van der Waals surface area contributed by atoms with Crippen LogP contribution in [0.25, 0.3) is 44.0 Å². The third-order valence-electron chi connectivity index (χ3n) is 10.4. The number of amides is 1. The van der Waals surface area contributed by atoms with Crippen molar-refractivity contribution in [2.45, 2.75) is 37.0 Å². The summed E-state index contributed by atoms with van der Waals surface area (Å²) in [5.74, 6) is -2.22. The van der Waals surface area contributed by atoms with E-state index in [0.29, 0.717) is 40.9 Å². The van der Waals surface area contributed by atoms with Crippen LogP contribution in [0.2, 0.25) is 0 Å². The maximum Gasteiger partial charge on any atom is 0.319 e. The lowest BCUT2D eigenvalue weighted by Gasteiger charge is -2.39. The van der Waals surface area contributed by atoms with Gasteiger partial charge in [0.15, 0.2) is 11.6 Å². The average Bonchev–Trinajstić information content (AvgIpc) is 3.82. The first-order valence-electron chi connectivity index (χ1n) is 17.2. The highest BCUT2D eigenvalue weighted by molar-refractivity contribution is 5.98. The third-order valence-corrected chi connectivity index (χ3v) is 10.4. The van der Waals surface area contributed by atoms with Crippen molar-refractivity contribution in [1.29, 1.82) is 0 Å². The van der Waals surface area contributed by atoms with Gasteiger partial charge in [-0.3, -0.25) is 24.3 Å². The Morgan fingerprint density at radius 2 is 2.00 bits per heavy atom. The molecule has 0 bridgehead atoms. The molecule has 3 aliphatic rings. The van der Waals surface area contributed by atoms with Crippen LogP contribution < -0.4 is 9.64 Å². The summed E-state index contributed by atoms with van der Waals surface area (Å²) in [5.41, 5.74) is 1.09. The van der Waals surface area contributed by atoms with E-state index >= 15 is 8.78 Å². The van der Waals surface area contributed by atoms with Crippen LogP contribution in [0.3, 0.4) is 0 Å². The number of rotatable bonds is 8. The number of nitrogens with zero attached hydrogens (tertiary/aromatic N) is 10. The SMILES string of the molecule is [C-]#[N+]C[C@H]1CN(c2nc(OC[C@@]34CCCN3C[C@H](F)C4)nc3c(F)c(-c4cccc5cnn(C)c45)ncc23)CCN1C(=O)/C(F)=C/c1ccccn1. The van der Waals surface area contributed by atoms with Gasteiger partial charge in [-0.05, 0) is 31.5 Å². The summed E-state index contributed by atoms with van der Waals surface area (Å²) in [4.78, 5) is 40.1. The van der Waals surface area contributed by atoms with Crippen molar-refractivity contribution < 1.29 is 22.7 Å². The van der Waals surface area contributed by atoms with Gasteiger partial charge in [0, 0.05) is 69.1 Å². The van der Waals surface area contributed by atoms with Gasteiger partial charge in [0.05, 0.1) is 28.3 Å². The molecular weight excluding hydrogens is 673 g/mol. The number of ether oxygens (including phenoxy) is 1. The van der Waals surface area contributed by atoms with Crippen molar-refractivity contribution in [3.05, 3.63) is 83.7 Å². The van der Waals surface area contributed by atoms with Crippen molar-refractivity contribution >= 4 is 39.6 Å². The summed E-state index contributed by atoms with van der Waals surface area (Å²) in [6.45, 7) is 9.13. The summed E-state index contributed by atoms with van der Waals surface area (Å²) < 4.78 is 54.5. The number of aryl methyl sites for hydroxylation is 1. The van der Waals surface area contributed by atoms with E-state index in [0.717, 1.165) is 30.8 Å². The Morgan fingerprint density at radius 3 is 2.83 bits per heavy atom. The number of benzene rings is 1. The fourth-order valence-corrected chi connectivity index (χ4v) is 7.95. The maximum absolute atomic E-state index is 16.8. The molecule has 1 amide bonds. The topological polar surface area (TPSA) is 110 Å². The number of fused-ring (bicyclic) bond motifs is 3. The summed E-state index contributed by atoms with van der Waals surface area (Å²) >= 11 is 0. The molecule has 0 unspecified atom stereocenters. The van der Waals surface area contributed by atoms with Crippen LogP contribution in [0.1, 0.15) is 25.0 Å². The minimum atomic E-state index is -0.990. The first-order valence-corrected chi connectivity index (χ1v) is 17.2. The quantitative estimate of drug-likeness (QED) is 0.162. The molecule has 15 heteroatoms. The molecule has 3 aliphatic heterocycles. The minimum Gasteiger partial charge on any atom is -0.461 e. The molecule has 5 aromatic rings. The number of halogens is 3. The van der Waals surface area contributed by atoms with Crippen molar-refractivity contribution in [2.75, 3.05) is 50.8 Å². The second kappa shape index (κ2) is 13.5. The number of piperazine rings is 1. The van der Waals surface area contributed by atoms with Gasteiger partial charge in [0.1, 0.15) is 35.8 Å². The molecule has 4 aromatic heterocycles. The Balaban J connectivity index is 1.17. The highest BCUT2D eigenvalue weighted by Crippen LogP contribution is 2.41. The standard InChI is InChI=1S/C37H35F3N10O2/c1-41-18-26-21-48(13-14-50(26)35(51)29(39)15-25-8-3-4-11-42-25)34-28-19-43-31(27-9-5-7-23-17-44-47(2)33(23)27)30(40)32(28)45-36(46-34)52-22-37-10-6-12-49(37)20-24(38)16-37/h3-5,7-9,11,15,17,19,24,26H,6,10,12-14,16,18,20-22H2,2H3/b29-15-/t24-,26+,37+/m1/s1. The van der Waals surface area contributed by atoms with E-state index in [1.165, 1.54) is 17.3 Å². The highest BCUT2D eigenvalue weighted by Gasteiger charge is 2.49. The Morgan fingerprint density at radius 1 is 1.12 bits per heavy atom. The first kappa shape index (κ1) is 33.5. The molecule has 3 atom stereocenters. The fraction of sp³-hybridized carbons (Fsp3) is 0.378. The monoisotopic (exact) mass is 708 g/mol. The van der Waals surface area contributed by atoms with Gasteiger partial charge in [-0.15, -0.1) is 0 Å². The van der Waals surface area contributed by atoms with Crippen molar-refractivity contribution in [3.63, 3.8) is 0 Å². The number of hydrogen-bond donors (Lipinski definition) is 0. The van der Waals surface area contributed by atoms with E-state index < -0.39 is 35.3 Å². The molecule has 3 fully saturated rings. The number of anilines is 1. The molecule has 3 saturated heterocycles. The van der Waals surface area contributed by atoms with E-state index in [4.69, 9.17) is 16.3 Å². The lowest BCUT2D eigenvalue weighted by Crippen LogP contribution is -2.56. The zero-order valence-corrected chi connectivity index (χ0v) is 28.4. The Kier molecular flexibility index (Phi) is 8.70. The van der Waals surface area contributed by atoms with Gasteiger partial charge in [-0.25, -0.2) is 19.7 Å². The average molecular weight is 709 g/mol. The largest absolute Gasteiger partial charge is 0.461 e. The van der Waals surface area contributed by atoms with Gasteiger partial charge >= 0.3 is 6.01 Å². The summed E-state index contributed by atoms with van der Waals surface area (Å²) in [7, 11) is 1.78. The molecule has 0 N–H and O–H groups in total. The minimum absolute atomic E-state index is 0.0238. The number of alkyl halides is 1. The number of carbonyl (C=O) groups excluding carboxylic acids is 1. The van der Waals surface area contributed by atoms with E-state index in [9.17, 15) is 9.18 Å². The second-order valence-corrected chi connectivity index (χ2v) is 13.6. The predicted molar refractivity (Wildman–Crippen MR) is 188 cm³/mol. The smallest absolute Gasteiger partial charge is 0.319 e. The molecule has 0 radical (unpaired) electrons. The molecule has 12 nitrogen and oxygen atoms in total. The Hall–Kier alpha value is -5.62. The summed E-state index contributed by atoms with van der Waals surface area (Å²) in [6.07, 6.45) is 6.86. The van der Waals surface area contributed by atoms with Crippen LogP contribution in [0.5, 0.6) is 6.01 Å². The van der Waals surface area contributed by atoms with Crippen molar-refractivity contribution in [1.82, 2.24) is 39.5 Å². The summed E-state index contributed by atoms with van der Waals surface area (Å²) in [6, 6.07) is 9.65. The second-order valence-electron chi connectivity index (χ2n) is 13.6. The molecule has 7 heterocycles. The van der Waals surface area contributed by atoms with Crippen molar-refractivity contribution in [2.24, 2.45) is 7.05 Å². The number of para-hydroxylation sites is 1. The number of carbonyl (C=O) groups is 1. The van der Waals surface area contributed by atoms with Gasteiger partial charge in [-0.2, -0.15) is 15.1 Å². The fourth-order valence-electron chi connectivity index (χ4n) is 7.95. The van der Waals surface area contributed by atoms with Gasteiger partial charge in [0.2, 0.25) is 6.54 Å². The zero-order chi connectivity index (χ0) is 36.0. The maximum atomic E-state index is 16.8. The van der Waals surface area contributed by atoms with Crippen molar-refractivity contribution in [3.8, 4) is 17.3 Å². The van der Waals surface area contributed by atoms with Crippen LogP contribution >= 0.6 is 0 Å². The molecule has 52 heavy (non-hydrogen) atoms. The van der Waals surface area contributed by atoms with Gasteiger partial charge < -0.3 is 19.4 Å². The van der Waals surface area contributed by atoms with Crippen LogP contribution in [-0.4, -0.2) is 109 Å². The molecule has 266 valence electrons. The molecule has 8 rings (SSSR count). The molecule has 0 spiro atoms. The lowest BCUT2D eigenvalue weighted by molar-refractivity contribution is -0.130. The van der Waals surface area contributed by atoms with Crippen LogP contribution in [-0.2, 0) is 11.8 Å². The van der Waals surface area contributed by atoms with Crippen LogP contribution in [0.15, 0.2) is 60.8 Å². The molecule has 0 saturated carbocycles. The van der Waals surface area contributed by atoms with E-state index in [-0.39, 0.29) is 50.0 Å². The Bertz CT molecular complexity index is 2240. The lowest BCUT2D eigenvalue weighted by atomic mass is 9.95. The Labute approximate surface area is 297 Å². The normalized spacial score (nSPS) is 22.2. The predicted octanol–water partition coefficient (Wildman–Crippen LogP) is 5.01. The van der Waals surface area contributed by atoms with Crippen LogP contribution in [0, 0.1) is 12.4 Å². The van der Waals surface area contributed by atoms with Crippen LogP contribution in [0.4, 0.5) is 19.0 Å².